The Hall–Kier alpha value is -3.79. The summed E-state index contributed by atoms with van der Waals surface area (Å²) in [6.07, 6.45) is 1.48. The van der Waals surface area contributed by atoms with Gasteiger partial charge in [0.25, 0.3) is 5.91 Å². The number of ether oxygens (including phenoxy) is 2. The predicted molar refractivity (Wildman–Crippen MR) is 143 cm³/mol. The molecule has 0 bridgehead atoms. The fraction of sp³-hybridized carbons (Fsp3) is 0.0714. The number of halogens is 2. The Kier molecular flexibility index (Phi) is 7.71. The molecule has 5 nitrogen and oxygen atoms in total. The minimum Gasteiger partial charge on any atom is -0.493 e. The van der Waals surface area contributed by atoms with Gasteiger partial charge in [-0.2, -0.15) is 5.26 Å². The summed E-state index contributed by atoms with van der Waals surface area (Å²) in [5.74, 6) is 0.441. The van der Waals surface area contributed by atoms with Crippen molar-refractivity contribution in [3.63, 3.8) is 0 Å². The van der Waals surface area contributed by atoms with Crippen molar-refractivity contribution >= 4 is 56.0 Å². The van der Waals surface area contributed by atoms with Crippen LogP contribution in [0.3, 0.4) is 0 Å². The molecule has 0 saturated carbocycles. The quantitative estimate of drug-likeness (QED) is 0.193. The van der Waals surface area contributed by atoms with Gasteiger partial charge in [-0.1, -0.05) is 76.1 Å². The Morgan fingerprint density at radius 3 is 2.51 bits per heavy atom. The Bertz CT molecular complexity index is 1480. The lowest BCUT2D eigenvalue weighted by atomic mass is 10.1. The number of para-hydroxylation sites is 1. The van der Waals surface area contributed by atoms with Gasteiger partial charge in [0.1, 0.15) is 18.2 Å². The van der Waals surface area contributed by atoms with Crippen molar-refractivity contribution in [1.82, 2.24) is 0 Å². The van der Waals surface area contributed by atoms with Gasteiger partial charge in [0.05, 0.1) is 17.8 Å². The van der Waals surface area contributed by atoms with E-state index >= 15 is 0 Å². The zero-order valence-corrected chi connectivity index (χ0v) is 21.1. The number of fused-ring (bicyclic) bond motifs is 1. The molecule has 7 heteroatoms. The minimum absolute atomic E-state index is 0.0856. The summed E-state index contributed by atoms with van der Waals surface area (Å²) in [5.41, 5.74) is 1.95. The van der Waals surface area contributed by atoms with Crippen molar-refractivity contribution in [3.8, 4) is 17.6 Å². The second-order valence-corrected chi connectivity index (χ2v) is 8.86. The number of nitrogens with zero attached hydrogens (tertiary/aromatic N) is 1. The number of methoxy groups -OCH3 is 1. The molecule has 0 saturated heterocycles. The van der Waals surface area contributed by atoms with Gasteiger partial charge in [-0.05, 0) is 58.3 Å². The van der Waals surface area contributed by atoms with Gasteiger partial charge in [-0.3, -0.25) is 4.79 Å². The van der Waals surface area contributed by atoms with Crippen molar-refractivity contribution in [2.24, 2.45) is 0 Å². The van der Waals surface area contributed by atoms with E-state index in [2.05, 4.69) is 45.5 Å². The van der Waals surface area contributed by atoms with Crippen molar-refractivity contribution < 1.29 is 14.3 Å². The summed E-state index contributed by atoms with van der Waals surface area (Å²) in [6.45, 7) is 0.354. The number of carbonyl (C=O) groups is 1. The van der Waals surface area contributed by atoms with E-state index in [1.165, 1.54) is 18.6 Å². The van der Waals surface area contributed by atoms with Crippen LogP contribution in [0.5, 0.6) is 11.5 Å². The summed E-state index contributed by atoms with van der Waals surface area (Å²) in [5, 5.41) is 14.9. The molecule has 35 heavy (non-hydrogen) atoms. The third kappa shape index (κ3) is 5.83. The molecule has 4 aromatic rings. The smallest absolute Gasteiger partial charge is 0.266 e. The van der Waals surface area contributed by atoms with E-state index < -0.39 is 5.91 Å². The molecule has 0 spiro atoms. The molecule has 4 rings (SSSR count). The second kappa shape index (κ2) is 11.1. The van der Waals surface area contributed by atoms with E-state index in [0.717, 1.165) is 10.9 Å². The van der Waals surface area contributed by atoms with Gasteiger partial charge in [0, 0.05) is 4.47 Å². The fourth-order valence-electron chi connectivity index (χ4n) is 3.48. The maximum Gasteiger partial charge on any atom is 0.266 e. The molecular formula is C28H20BrClN2O3. The van der Waals surface area contributed by atoms with E-state index in [-0.39, 0.29) is 5.57 Å². The van der Waals surface area contributed by atoms with Crippen molar-refractivity contribution in [3.05, 3.63) is 105 Å². The van der Waals surface area contributed by atoms with E-state index in [9.17, 15) is 10.1 Å². The monoisotopic (exact) mass is 546 g/mol. The minimum atomic E-state index is -0.567. The van der Waals surface area contributed by atoms with E-state index in [1.807, 2.05) is 24.3 Å². The Morgan fingerprint density at radius 1 is 1.03 bits per heavy atom. The van der Waals surface area contributed by atoms with Crippen molar-refractivity contribution in [1.29, 1.82) is 5.26 Å². The number of benzene rings is 4. The maximum atomic E-state index is 12.7. The molecule has 0 radical (unpaired) electrons. The summed E-state index contributed by atoms with van der Waals surface area (Å²) in [4.78, 5) is 12.7. The van der Waals surface area contributed by atoms with Crippen LogP contribution in [0.4, 0.5) is 5.69 Å². The van der Waals surface area contributed by atoms with Crippen molar-refractivity contribution in [2.75, 3.05) is 12.4 Å². The topological polar surface area (TPSA) is 71.3 Å². The van der Waals surface area contributed by atoms with E-state index in [4.69, 9.17) is 21.1 Å². The van der Waals surface area contributed by atoms with Gasteiger partial charge in [-0.25, -0.2) is 0 Å². The maximum absolute atomic E-state index is 12.7. The average molecular weight is 548 g/mol. The van der Waals surface area contributed by atoms with Crippen LogP contribution in [0.1, 0.15) is 11.1 Å². The number of carbonyl (C=O) groups excluding carboxylic acids is 1. The number of rotatable bonds is 7. The molecule has 1 N–H and O–H groups in total. The van der Waals surface area contributed by atoms with Crippen LogP contribution in [0.2, 0.25) is 5.02 Å². The zero-order chi connectivity index (χ0) is 24.8. The van der Waals surface area contributed by atoms with Crippen LogP contribution in [-0.4, -0.2) is 13.0 Å². The van der Waals surface area contributed by atoms with Crippen LogP contribution in [0.15, 0.2) is 88.9 Å². The summed E-state index contributed by atoms with van der Waals surface area (Å²) in [6, 6.07) is 26.5. The van der Waals surface area contributed by atoms with E-state index in [0.29, 0.717) is 38.9 Å². The molecule has 0 unspecified atom stereocenters. The van der Waals surface area contributed by atoms with Gasteiger partial charge in [-0.15, -0.1) is 0 Å². The van der Waals surface area contributed by atoms with Crippen LogP contribution in [-0.2, 0) is 11.4 Å². The molecule has 0 fully saturated rings. The molecular weight excluding hydrogens is 528 g/mol. The third-order valence-corrected chi connectivity index (χ3v) is 6.29. The third-order valence-electron chi connectivity index (χ3n) is 5.28. The number of hydrogen-bond acceptors (Lipinski definition) is 4. The first kappa shape index (κ1) is 24.3. The molecule has 0 heterocycles. The number of hydrogen-bond donors (Lipinski definition) is 1. The molecule has 1 amide bonds. The molecule has 0 aromatic heterocycles. The summed E-state index contributed by atoms with van der Waals surface area (Å²) < 4.78 is 12.2. The first-order valence-electron chi connectivity index (χ1n) is 10.6. The Morgan fingerprint density at radius 2 is 1.77 bits per heavy atom. The number of nitriles is 1. The van der Waals surface area contributed by atoms with Crippen LogP contribution >= 0.6 is 27.5 Å². The highest BCUT2D eigenvalue weighted by atomic mass is 79.9. The molecule has 0 aliphatic rings. The van der Waals surface area contributed by atoms with Gasteiger partial charge in [0.15, 0.2) is 11.5 Å². The SMILES string of the molecule is COc1cc(/C=C(\C#N)C(=O)Nc2ccccc2Cl)c(Br)cc1OCc1ccc2ccccc2c1. The second-order valence-electron chi connectivity index (χ2n) is 7.60. The molecule has 174 valence electrons. The largest absolute Gasteiger partial charge is 0.493 e. The molecule has 0 atom stereocenters. The normalized spacial score (nSPS) is 11.1. The number of anilines is 1. The van der Waals surface area contributed by atoms with Crippen LogP contribution in [0.25, 0.3) is 16.8 Å². The predicted octanol–water partition coefficient (Wildman–Crippen LogP) is 7.39. The standard InChI is InChI=1S/C28H20BrClN2O3/c1-34-26-14-21(13-22(16-31)28(33)32-25-9-5-4-8-24(25)30)23(29)15-27(26)35-17-18-10-11-19-6-2-3-7-20(19)12-18/h2-15H,17H2,1H3,(H,32,33)/b22-13+. The fourth-order valence-corrected chi connectivity index (χ4v) is 4.10. The van der Waals surface area contributed by atoms with Gasteiger partial charge < -0.3 is 14.8 Å². The van der Waals surface area contributed by atoms with E-state index in [1.54, 1.807) is 36.4 Å². The lowest BCUT2D eigenvalue weighted by Crippen LogP contribution is -2.13. The molecule has 0 aliphatic heterocycles. The average Bonchev–Trinajstić information content (AvgIpc) is 2.88. The van der Waals surface area contributed by atoms with Gasteiger partial charge in [0.2, 0.25) is 0 Å². The zero-order valence-electron chi connectivity index (χ0n) is 18.7. The van der Waals surface area contributed by atoms with Crippen LogP contribution in [0, 0.1) is 11.3 Å². The molecule has 0 aliphatic carbocycles. The summed E-state index contributed by atoms with van der Waals surface area (Å²) >= 11 is 9.62. The van der Waals surface area contributed by atoms with Crippen molar-refractivity contribution in [2.45, 2.75) is 6.61 Å². The lowest BCUT2D eigenvalue weighted by molar-refractivity contribution is -0.112. The molecule has 4 aromatic carbocycles. The highest BCUT2D eigenvalue weighted by Gasteiger charge is 2.15. The Balaban J connectivity index is 1.55. The first-order valence-corrected chi connectivity index (χ1v) is 11.8. The van der Waals surface area contributed by atoms with Crippen LogP contribution < -0.4 is 14.8 Å². The highest BCUT2D eigenvalue weighted by Crippen LogP contribution is 2.35. The first-order chi connectivity index (χ1) is 17.0. The highest BCUT2D eigenvalue weighted by molar-refractivity contribution is 9.10. The summed E-state index contributed by atoms with van der Waals surface area (Å²) in [7, 11) is 1.54. The Labute approximate surface area is 216 Å². The number of amides is 1. The number of nitrogens with one attached hydrogen (secondary N) is 1. The van der Waals surface area contributed by atoms with Gasteiger partial charge >= 0.3 is 0 Å². The lowest BCUT2D eigenvalue weighted by Gasteiger charge is -2.13.